The van der Waals surface area contributed by atoms with Gasteiger partial charge in [0.25, 0.3) is 0 Å². The largest absolute Gasteiger partial charge is 0.390 e. The lowest BCUT2D eigenvalue weighted by molar-refractivity contribution is -0.0700. The third kappa shape index (κ3) is 3.82. The lowest BCUT2D eigenvalue weighted by Gasteiger charge is -2.37. The number of rotatable bonds is 7. The van der Waals surface area contributed by atoms with Crippen molar-refractivity contribution in [1.29, 1.82) is 0 Å². The summed E-state index contributed by atoms with van der Waals surface area (Å²) in [5, 5.41) is 14.1. The number of aliphatic hydroxyl groups excluding tert-OH is 1. The molecule has 0 bridgehead atoms. The van der Waals surface area contributed by atoms with E-state index in [2.05, 4.69) is 10.0 Å². The second-order valence-electron chi connectivity index (χ2n) is 7.22. The Kier molecular flexibility index (Phi) is 6.12. The van der Waals surface area contributed by atoms with Crippen LogP contribution in [-0.2, 0) is 15.1 Å². The van der Waals surface area contributed by atoms with Gasteiger partial charge >= 0.3 is 0 Å². The summed E-state index contributed by atoms with van der Waals surface area (Å²) in [7, 11) is 0. The monoisotopic (exact) mass is 401 g/mol. The number of ether oxygens (including phenoxy) is 2. The highest BCUT2D eigenvalue weighted by Gasteiger charge is 2.41. The first-order valence-corrected chi connectivity index (χ1v) is 9.90. The molecule has 6 heteroatoms. The van der Waals surface area contributed by atoms with Crippen molar-refractivity contribution in [2.24, 2.45) is 5.11 Å². The zero-order valence-corrected chi connectivity index (χ0v) is 16.4. The van der Waals surface area contributed by atoms with Crippen molar-refractivity contribution in [1.82, 2.24) is 0 Å². The fourth-order valence-electron chi connectivity index (χ4n) is 3.96. The summed E-state index contributed by atoms with van der Waals surface area (Å²) < 4.78 is 12.3. The summed E-state index contributed by atoms with van der Waals surface area (Å²) in [5.74, 6) is 0. The van der Waals surface area contributed by atoms with Crippen LogP contribution in [0.15, 0.2) is 96.1 Å². The summed E-state index contributed by atoms with van der Waals surface area (Å²) in [6, 6.07) is 29.4. The van der Waals surface area contributed by atoms with Crippen LogP contribution in [0.25, 0.3) is 10.4 Å². The first-order valence-electron chi connectivity index (χ1n) is 9.90. The molecule has 30 heavy (non-hydrogen) atoms. The summed E-state index contributed by atoms with van der Waals surface area (Å²) >= 11 is 0. The summed E-state index contributed by atoms with van der Waals surface area (Å²) in [5.41, 5.74) is 10.7. The van der Waals surface area contributed by atoms with E-state index in [4.69, 9.17) is 15.0 Å². The minimum Gasteiger partial charge on any atom is -0.390 e. The average molecular weight is 401 g/mol. The van der Waals surface area contributed by atoms with Gasteiger partial charge in [0.15, 0.2) is 0 Å². The van der Waals surface area contributed by atoms with Crippen molar-refractivity contribution in [2.45, 2.75) is 23.9 Å². The third-order valence-electron chi connectivity index (χ3n) is 5.46. The van der Waals surface area contributed by atoms with Crippen molar-refractivity contribution in [3.05, 3.63) is 118 Å². The molecule has 0 radical (unpaired) electrons. The van der Waals surface area contributed by atoms with Crippen LogP contribution in [-0.4, -0.2) is 36.6 Å². The van der Waals surface area contributed by atoms with E-state index in [1.165, 1.54) is 0 Å². The lowest BCUT2D eigenvalue weighted by Crippen LogP contribution is -2.39. The topological polar surface area (TPSA) is 87.5 Å². The molecule has 1 saturated heterocycles. The molecule has 4 rings (SSSR count). The zero-order chi connectivity index (χ0) is 20.8. The van der Waals surface area contributed by atoms with Crippen LogP contribution in [0.4, 0.5) is 0 Å². The van der Waals surface area contributed by atoms with E-state index in [-0.39, 0.29) is 13.2 Å². The van der Waals surface area contributed by atoms with Gasteiger partial charge in [-0.15, -0.1) is 0 Å². The van der Waals surface area contributed by atoms with Crippen molar-refractivity contribution in [2.75, 3.05) is 13.2 Å². The third-order valence-corrected chi connectivity index (χ3v) is 5.46. The van der Waals surface area contributed by atoms with Gasteiger partial charge in [-0.2, -0.15) is 0 Å². The first-order chi connectivity index (χ1) is 14.8. The second kappa shape index (κ2) is 9.11. The molecule has 152 valence electrons. The van der Waals surface area contributed by atoms with E-state index in [1.807, 2.05) is 91.0 Å². The molecule has 1 aliphatic heterocycles. The normalized spacial score (nSPS) is 21.2. The van der Waals surface area contributed by atoms with Crippen LogP contribution in [0.3, 0.4) is 0 Å². The first kappa shape index (κ1) is 20.1. The minimum atomic E-state index is -0.916. The molecule has 0 spiro atoms. The Balaban J connectivity index is 1.77. The summed E-state index contributed by atoms with van der Waals surface area (Å²) in [6.45, 7) is 0.311. The Morgan fingerprint density at radius 3 is 1.80 bits per heavy atom. The van der Waals surface area contributed by atoms with Gasteiger partial charge in [0.1, 0.15) is 11.7 Å². The van der Waals surface area contributed by atoms with Gasteiger partial charge in [-0.05, 0) is 22.2 Å². The van der Waals surface area contributed by atoms with E-state index >= 15 is 0 Å². The van der Waals surface area contributed by atoms with Gasteiger partial charge < -0.3 is 14.6 Å². The van der Waals surface area contributed by atoms with Crippen LogP contribution in [0, 0.1) is 0 Å². The second-order valence-corrected chi connectivity index (χ2v) is 7.22. The van der Waals surface area contributed by atoms with Crippen molar-refractivity contribution in [3.8, 4) is 0 Å². The molecule has 0 saturated carbocycles. The Morgan fingerprint density at radius 2 is 1.37 bits per heavy atom. The van der Waals surface area contributed by atoms with E-state index < -0.39 is 23.9 Å². The van der Waals surface area contributed by atoms with E-state index in [0.717, 1.165) is 16.7 Å². The molecule has 1 N–H and O–H groups in total. The van der Waals surface area contributed by atoms with E-state index in [9.17, 15) is 5.11 Å². The molecule has 0 amide bonds. The number of aliphatic hydroxyl groups is 1. The molecule has 1 fully saturated rings. The van der Waals surface area contributed by atoms with Gasteiger partial charge in [-0.25, -0.2) is 0 Å². The minimum absolute atomic E-state index is 0.136. The van der Waals surface area contributed by atoms with Gasteiger partial charge in [0.05, 0.1) is 25.4 Å². The molecular formula is C24H23N3O3. The standard InChI is InChI=1S/C24H23N3O3/c25-27-26-21-16-29-22(23(21)28)17-30-24(18-10-4-1-5-11-18,19-12-6-2-7-13-19)20-14-8-3-9-15-20/h1-15,21-23,28H,16-17H2/t21-,22-,23+/m1/s1. The van der Waals surface area contributed by atoms with Gasteiger partial charge in [0.2, 0.25) is 0 Å². The van der Waals surface area contributed by atoms with Crippen molar-refractivity contribution < 1.29 is 14.6 Å². The highest BCUT2D eigenvalue weighted by Crippen LogP contribution is 2.41. The Bertz CT molecular complexity index is 895. The molecule has 3 atom stereocenters. The van der Waals surface area contributed by atoms with Crippen LogP contribution in [0.5, 0.6) is 0 Å². The van der Waals surface area contributed by atoms with Crippen molar-refractivity contribution >= 4 is 0 Å². The van der Waals surface area contributed by atoms with Gasteiger partial charge in [-0.1, -0.05) is 96.1 Å². The number of hydrogen-bond acceptors (Lipinski definition) is 4. The maximum absolute atomic E-state index is 10.5. The summed E-state index contributed by atoms with van der Waals surface area (Å²) in [4.78, 5) is 2.80. The number of azide groups is 1. The van der Waals surface area contributed by atoms with Gasteiger partial charge in [-0.3, -0.25) is 0 Å². The quantitative estimate of drug-likeness (QED) is 0.275. The number of nitrogens with zero attached hydrogens (tertiary/aromatic N) is 3. The van der Waals surface area contributed by atoms with Gasteiger partial charge in [0, 0.05) is 4.91 Å². The fraction of sp³-hybridized carbons (Fsp3) is 0.250. The molecular weight excluding hydrogens is 378 g/mol. The van der Waals surface area contributed by atoms with Crippen LogP contribution < -0.4 is 0 Å². The number of benzene rings is 3. The van der Waals surface area contributed by atoms with Crippen LogP contribution >= 0.6 is 0 Å². The highest BCUT2D eigenvalue weighted by atomic mass is 16.6. The van der Waals surface area contributed by atoms with E-state index in [1.54, 1.807) is 0 Å². The Morgan fingerprint density at radius 1 is 0.900 bits per heavy atom. The molecule has 0 aliphatic carbocycles. The van der Waals surface area contributed by atoms with Crippen molar-refractivity contribution in [3.63, 3.8) is 0 Å². The predicted molar refractivity (Wildman–Crippen MR) is 114 cm³/mol. The molecule has 1 heterocycles. The molecule has 3 aromatic rings. The SMILES string of the molecule is [N-]=[N+]=N[C@@H]1CO[C@H](COC(c2ccccc2)(c2ccccc2)c2ccccc2)[C@H]1O. The predicted octanol–water partition coefficient (Wildman–Crippen LogP) is 4.43. The maximum Gasteiger partial charge on any atom is 0.143 e. The molecule has 0 aromatic heterocycles. The van der Waals surface area contributed by atoms with E-state index in [0.29, 0.717) is 0 Å². The van der Waals surface area contributed by atoms with Crippen LogP contribution in [0.1, 0.15) is 16.7 Å². The highest BCUT2D eigenvalue weighted by molar-refractivity contribution is 5.47. The lowest BCUT2D eigenvalue weighted by atomic mass is 9.80. The molecule has 6 nitrogen and oxygen atoms in total. The Hall–Kier alpha value is -3.15. The fourth-order valence-corrected chi connectivity index (χ4v) is 3.96. The summed E-state index contributed by atoms with van der Waals surface area (Å²) in [6.07, 6.45) is -1.50. The number of hydrogen-bond donors (Lipinski definition) is 1. The smallest absolute Gasteiger partial charge is 0.143 e. The average Bonchev–Trinajstić information content (AvgIpc) is 3.16. The molecule has 0 unspecified atom stereocenters. The van der Waals surface area contributed by atoms with Crippen LogP contribution in [0.2, 0.25) is 0 Å². The molecule has 1 aliphatic rings. The Labute approximate surface area is 175 Å². The molecule has 3 aromatic carbocycles. The zero-order valence-electron chi connectivity index (χ0n) is 16.4. The maximum atomic E-state index is 10.5.